The lowest BCUT2D eigenvalue weighted by atomic mass is 9.88. The SMILES string of the molecule is CN1CCC(Nc2ccccc2NC(=O)C2CCCCC2)CC1. The number of nitrogens with zero attached hydrogens (tertiary/aromatic N) is 1. The number of hydrogen-bond donors (Lipinski definition) is 2. The number of rotatable bonds is 4. The summed E-state index contributed by atoms with van der Waals surface area (Å²) in [6.07, 6.45) is 8.04. The number of carbonyl (C=O) groups is 1. The van der Waals surface area contributed by atoms with Crippen LogP contribution in [0.15, 0.2) is 24.3 Å². The monoisotopic (exact) mass is 315 g/mol. The molecule has 4 nitrogen and oxygen atoms in total. The number of anilines is 2. The normalized spacial score (nSPS) is 21.1. The number of para-hydroxylation sites is 2. The van der Waals surface area contributed by atoms with E-state index in [9.17, 15) is 4.79 Å². The molecule has 0 unspecified atom stereocenters. The molecule has 2 aliphatic rings. The molecule has 1 saturated carbocycles. The Labute approximate surface area is 139 Å². The summed E-state index contributed by atoms with van der Waals surface area (Å²) in [5, 5.41) is 6.80. The molecule has 4 heteroatoms. The standard InChI is InChI=1S/C19H29N3O/c1-22-13-11-16(12-14-22)20-17-9-5-6-10-18(17)21-19(23)15-7-3-2-4-8-15/h5-6,9-10,15-16,20H,2-4,7-8,11-14H2,1H3,(H,21,23). The van der Waals surface area contributed by atoms with Gasteiger partial charge in [0.2, 0.25) is 5.91 Å². The lowest BCUT2D eigenvalue weighted by Crippen LogP contribution is -2.37. The highest BCUT2D eigenvalue weighted by Crippen LogP contribution is 2.28. The van der Waals surface area contributed by atoms with Crippen molar-refractivity contribution in [3.05, 3.63) is 24.3 Å². The zero-order valence-electron chi connectivity index (χ0n) is 14.2. The van der Waals surface area contributed by atoms with Gasteiger partial charge in [0.05, 0.1) is 11.4 Å². The van der Waals surface area contributed by atoms with Crippen LogP contribution in [0.5, 0.6) is 0 Å². The Morgan fingerprint density at radius 1 is 1.00 bits per heavy atom. The molecule has 23 heavy (non-hydrogen) atoms. The van der Waals surface area contributed by atoms with E-state index in [-0.39, 0.29) is 11.8 Å². The van der Waals surface area contributed by atoms with Crippen molar-refractivity contribution in [3.8, 4) is 0 Å². The third-order valence-corrected chi connectivity index (χ3v) is 5.24. The van der Waals surface area contributed by atoms with Gasteiger partial charge in [-0.15, -0.1) is 0 Å². The Hall–Kier alpha value is -1.55. The summed E-state index contributed by atoms with van der Waals surface area (Å²) in [5.74, 6) is 0.391. The predicted octanol–water partition coefficient (Wildman–Crippen LogP) is 3.71. The van der Waals surface area contributed by atoms with E-state index < -0.39 is 0 Å². The molecule has 1 aliphatic carbocycles. The summed E-state index contributed by atoms with van der Waals surface area (Å²) in [7, 11) is 2.18. The van der Waals surface area contributed by atoms with Crippen molar-refractivity contribution in [2.45, 2.75) is 51.0 Å². The van der Waals surface area contributed by atoms with Gasteiger partial charge in [-0.2, -0.15) is 0 Å². The largest absolute Gasteiger partial charge is 0.381 e. The number of amides is 1. The van der Waals surface area contributed by atoms with Crippen LogP contribution in [0.2, 0.25) is 0 Å². The van der Waals surface area contributed by atoms with E-state index in [4.69, 9.17) is 0 Å². The Bertz CT molecular complexity index is 517. The molecule has 0 atom stereocenters. The minimum absolute atomic E-state index is 0.195. The van der Waals surface area contributed by atoms with Gasteiger partial charge < -0.3 is 15.5 Å². The van der Waals surface area contributed by atoms with Gasteiger partial charge >= 0.3 is 0 Å². The number of carbonyl (C=O) groups excluding carboxylic acids is 1. The van der Waals surface area contributed by atoms with Gasteiger partial charge in [-0.1, -0.05) is 31.4 Å². The molecule has 126 valence electrons. The van der Waals surface area contributed by atoms with Gasteiger partial charge in [-0.3, -0.25) is 4.79 Å². The van der Waals surface area contributed by atoms with Crippen LogP contribution in [0, 0.1) is 5.92 Å². The summed E-state index contributed by atoms with van der Waals surface area (Å²) < 4.78 is 0. The van der Waals surface area contributed by atoms with Crippen molar-refractivity contribution in [2.24, 2.45) is 5.92 Å². The second kappa shape index (κ2) is 7.82. The van der Waals surface area contributed by atoms with Crippen molar-refractivity contribution in [1.29, 1.82) is 0 Å². The molecule has 0 radical (unpaired) electrons. The van der Waals surface area contributed by atoms with Crippen LogP contribution in [0.4, 0.5) is 11.4 Å². The first-order valence-electron chi connectivity index (χ1n) is 9.07. The first-order valence-corrected chi connectivity index (χ1v) is 9.07. The average Bonchev–Trinajstić information content (AvgIpc) is 2.59. The van der Waals surface area contributed by atoms with Crippen LogP contribution < -0.4 is 10.6 Å². The zero-order chi connectivity index (χ0) is 16.1. The van der Waals surface area contributed by atoms with Crippen LogP contribution in [0.1, 0.15) is 44.9 Å². The fourth-order valence-corrected chi connectivity index (χ4v) is 3.69. The topological polar surface area (TPSA) is 44.4 Å². The third-order valence-electron chi connectivity index (χ3n) is 5.24. The van der Waals surface area contributed by atoms with E-state index >= 15 is 0 Å². The molecule has 0 bridgehead atoms. The Morgan fingerprint density at radius 3 is 2.35 bits per heavy atom. The predicted molar refractivity (Wildman–Crippen MR) is 95.8 cm³/mol. The van der Waals surface area contributed by atoms with Crippen molar-refractivity contribution in [1.82, 2.24) is 4.90 Å². The van der Waals surface area contributed by atoms with E-state index in [2.05, 4.69) is 28.6 Å². The molecule has 1 saturated heterocycles. The maximum absolute atomic E-state index is 12.5. The Balaban J connectivity index is 1.62. The highest BCUT2D eigenvalue weighted by molar-refractivity contribution is 5.95. The van der Waals surface area contributed by atoms with Crippen molar-refractivity contribution >= 4 is 17.3 Å². The summed E-state index contributed by atoms with van der Waals surface area (Å²) in [6, 6.07) is 8.62. The summed E-state index contributed by atoms with van der Waals surface area (Å²) in [4.78, 5) is 14.9. The van der Waals surface area contributed by atoms with Gasteiger partial charge in [0, 0.05) is 12.0 Å². The van der Waals surface area contributed by atoms with Crippen LogP contribution in [0.3, 0.4) is 0 Å². The molecular formula is C19H29N3O. The maximum Gasteiger partial charge on any atom is 0.227 e. The molecule has 1 amide bonds. The number of likely N-dealkylation sites (tertiary alicyclic amines) is 1. The molecule has 1 aromatic carbocycles. The van der Waals surface area contributed by atoms with Gasteiger partial charge in [0.1, 0.15) is 0 Å². The summed E-state index contributed by atoms with van der Waals surface area (Å²) in [5.41, 5.74) is 1.99. The molecular weight excluding hydrogens is 286 g/mol. The highest BCUT2D eigenvalue weighted by Gasteiger charge is 2.22. The lowest BCUT2D eigenvalue weighted by molar-refractivity contribution is -0.120. The molecule has 1 aromatic rings. The number of hydrogen-bond acceptors (Lipinski definition) is 3. The lowest BCUT2D eigenvalue weighted by Gasteiger charge is -2.31. The minimum atomic E-state index is 0.195. The van der Waals surface area contributed by atoms with Gasteiger partial charge in [0.15, 0.2) is 0 Å². The van der Waals surface area contributed by atoms with Crippen LogP contribution >= 0.6 is 0 Å². The number of nitrogens with one attached hydrogen (secondary N) is 2. The van der Waals surface area contributed by atoms with Crippen molar-refractivity contribution < 1.29 is 4.79 Å². The Kier molecular flexibility index (Phi) is 5.55. The van der Waals surface area contributed by atoms with E-state index in [1.807, 2.05) is 18.2 Å². The fraction of sp³-hybridized carbons (Fsp3) is 0.632. The van der Waals surface area contributed by atoms with Crippen LogP contribution in [-0.4, -0.2) is 37.0 Å². The molecule has 0 aromatic heterocycles. The second-order valence-electron chi connectivity index (χ2n) is 7.09. The number of benzene rings is 1. The van der Waals surface area contributed by atoms with Crippen molar-refractivity contribution in [3.63, 3.8) is 0 Å². The van der Waals surface area contributed by atoms with Gasteiger partial charge in [0.25, 0.3) is 0 Å². The van der Waals surface area contributed by atoms with E-state index in [0.29, 0.717) is 6.04 Å². The van der Waals surface area contributed by atoms with Crippen LogP contribution in [0.25, 0.3) is 0 Å². The first kappa shape index (κ1) is 16.3. The fourth-order valence-electron chi connectivity index (χ4n) is 3.69. The Morgan fingerprint density at radius 2 is 1.65 bits per heavy atom. The molecule has 2 fully saturated rings. The molecule has 1 heterocycles. The minimum Gasteiger partial charge on any atom is -0.381 e. The average molecular weight is 315 g/mol. The zero-order valence-corrected chi connectivity index (χ0v) is 14.2. The van der Waals surface area contributed by atoms with Gasteiger partial charge in [-0.05, 0) is 58.0 Å². The van der Waals surface area contributed by atoms with Crippen molar-refractivity contribution in [2.75, 3.05) is 30.8 Å². The summed E-state index contributed by atoms with van der Waals surface area (Å²) in [6.45, 7) is 2.27. The quantitative estimate of drug-likeness (QED) is 0.890. The van der Waals surface area contributed by atoms with E-state index in [1.165, 1.54) is 19.3 Å². The molecule has 1 aliphatic heterocycles. The van der Waals surface area contributed by atoms with Gasteiger partial charge in [-0.25, -0.2) is 0 Å². The second-order valence-corrected chi connectivity index (χ2v) is 7.09. The first-order chi connectivity index (χ1) is 11.2. The smallest absolute Gasteiger partial charge is 0.227 e. The summed E-state index contributed by atoms with van der Waals surface area (Å²) >= 11 is 0. The molecule has 3 rings (SSSR count). The van der Waals surface area contributed by atoms with E-state index in [0.717, 1.165) is 50.1 Å². The van der Waals surface area contributed by atoms with E-state index in [1.54, 1.807) is 0 Å². The third kappa shape index (κ3) is 4.47. The highest BCUT2D eigenvalue weighted by atomic mass is 16.1. The molecule has 2 N–H and O–H groups in total. The molecule has 0 spiro atoms. The number of piperidine rings is 1. The maximum atomic E-state index is 12.5. The van der Waals surface area contributed by atoms with Crippen LogP contribution in [-0.2, 0) is 4.79 Å².